The van der Waals surface area contributed by atoms with Crippen LogP contribution in [0.15, 0.2) is 18.2 Å². The highest BCUT2D eigenvalue weighted by Crippen LogP contribution is 2.19. The summed E-state index contributed by atoms with van der Waals surface area (Å²) in [4.78, 5) is 24.2. The molecule has 0 aliphatic rings. The zero-order valence-electron chi connectivity index (χ0n) is 17.5. The number of rotatable bonds is 7. The molecule has 1 aromatic heterocycles. The molecule has 0 atom stereocenters. The maximum atomic E-state index is 12.2. The smallest absolute Gasteiger partial charge is 0.276 e. The van der Waals surface area contributed by atoms with Crippen molar-refractivity contribution in [2.24, 2.45) is 5.92 Å². The van der Waals surface area contributed by atoms with Gasteiger partial charge in [-0.15, -0.1) is 0 Å². The molecule has 0 aliphatic heterocycles. The zero-order chi connectivity index (χ0) is 20.8. The third kappa shape index (κ3) is 5.84. The minimum absolute atomic E-state index is 0.161. The molecule has 0 spiro atoms. The van der Waals surface area contributed by atoms with Gasteiger partial charge in [0.2, 0.25) is 5.91 Å². The van der Waals surface area contributed by atoms with Crippen LogP contribution in [0.1, 0.15) is 41.9 Å². The van der Waals surface area contributed by atoms with Crippen LogP contribution >= 0.6 is 0 Å². The van der Waals surface area contributed by atoms with Crippen LogP contribution in [0.25, 0.3) is 0 Å². The van der Waals surface area contributed by atoms with Crippen LogP contribution < -0.4 is 15.6 Å². The van der Waals surface area contributed by atoms with Gasteiger partial charge in [-0.3, -0.25) is 25.1 Å². The number of benzene rings is 1. The molecule has 2 N–H and O–H groups in total. The molecule has 0 saturated carbocycles. The zero-order valence-corrected chi connectivity index (χ0v) is 17.5. The van der Waals surface area contributed by atoms with Crippen molar-refractivity contribution in [1.29, 1.82) is 0 Å². The van der Waals surface area contributed by atoms with Crippen molar-refractivity contribution in [2.45, 2.75) is 54.5 Å². The van der Waals surface area contributed by atoms with Gasteiger partial charge in [-0.05, 0) is 50.8 Å². The molecular formula is C21H30N4O3. The number of nitrogens with zero attached hydrogens (tertiary/aromatic N) is 2. The average molecular weight is 386 g/mol. The van der Waals surface area contributed by atoms with E-state index in [-0.39, 0.29) is 18.9 Å². The first kappa shape index (κ1) is 21.5. The largest absolute Gasteiger partial charge is 0.483 e. The number of amides is 2. The van der Waals surface area contributed by atoms with Gasteiger partial charge in [0.05, 0.1) is 12.1 Å². The van der Waals surface area contributed by atoms with Crippen molar-refractivity contribution >= 4 is 11.8 Å². The number of hydrogen-bond donors (Lipinski definition) is 2. The topological polar surface area (TPSA) is 85.2 Å². The van der Waals surface area contributed by atoms with E-state index in [4.69, 9.17) is 4.74 Å². The maximum Gasteiger partial charge on any atom is 0.276 e. The minimum Gasteiger partial charge on any atom is -0.483 e. The monoisotopic (exact) mass is 386 g/mol. The number of nitrogens with one attached hydrogen (secondary N) is 2. The van der Waals surface area contributed by atoms with E-state index in [1.807, 2.05) is 50.6 Å². The highest BCUT2D eigenvalue weighted by Gasteiger charge is 2.16. The molecule has 0 aliphatic carbocycles. The molecule has 1 heterocycles. The van der Waals surface area contributed by atoms with E-state index in [1.165, 1.54) is 0 Å². The number of hydrogen-bond acceptors (Lipinski definition) is 4. The van der Waals surface area contributed by atoms with Crippen molar-refractivity contribution in [1.82, 2.24) is 20.6 Å². The van der Waals surface area contributed by atoms with Gasteiger partial charge in [-0.2, -0.15) is 5.10 Å². The lowest BCUT2D eigenvalue weighted by atomic mass is 10.1. The first-order valence-corrected chi connectivity index (χ1v) is 9.48. The molecule has 0 unspecified atom stereocenters. The Kier molecular flexibility index (Phi) is 7.20. The van der Waals surface area contributed by atoms with Crippen LogP contribution in [0.4, 0.5) is 0 Å². The Hall–Kier alpha value is -2.83. The number of carbonyl (C=O) groups excluding carboxylic acids is 2. The van der Waals surface area contributed by atoms with Crippen LogP contribution in [-0.2, 0) is 22.6 Å². The second-order valence-electron chi connectivity index (χ2n) is 7.56. The summed E-state index contributed by atoms with van der Waals surface area (Å²) in [5.41, 5.74) is 9.54. The summed E-state index contributed by atoms with van der Waals surface area (Å²) < 4.78 is 7.46. The number of hydrazine groups is 1. The number of carbonyl (C=O) groups is 2. The molecule has 0 bridgehead atoms. The van der Waals surface area contributed by atoms with Crippen LogP contribution in [0.5, 0.6) is 5.75 Å². The van der Waals surface area contributed by atoms with E-state index < -0.39 is 5.91 Å². The molecule has 28 heavy (non-hydrogen) atoms. The summed E-state index contributed by atoms with van der Waals surface area (Å²) in [7, 11) is 0. The Balaban J connectivity index is 1.84. The molecular weight excluding hydrogens is 356 g/mol. The minimum atomic E-state index is -0.418. The Bertz CT molecular complexity index is 856. The van der Waals surface area contributed by atoms with E-state index >= 15 is 0 Å². The fourth-order valence-electron chi connectivity index (χ4n) is 2.90. The van der Waals surface area contributed by atoms with Gasteiger partial charge < -0.3 is 4.74 Å². The van der Waals surface area contributed by atoms with Crippen molar-refractivity contribution in [2.75, 3.05) is 6.61 Å². The maximum absolute atomic E-state index is 12.2. The highest BCUT2D eigenvalue weighted by molar-refractivity contribution is 5.84. The first-order valence-electron chi connectivity index (χ1n) is 9.48. The third-order valence-corrected chi connectivity index (χ3v) is 4.45. The second kappa shape index (κ2) is 9.39. The van der Waals surface area contributed by atoms with Gasteiger partial charge in [0.25, 0.3) is 5.91 Å². The summed E-state index contributed by atoms with van der Waals surface area (Å²) >= 11 is 0. The Morgan fingerprint density at radius 3 is 2.46 bits per heavy atom. The van der Waals surface area contributed by atoms with Crippen molar-refractivity contribution in [3.05, 3.63) is 46.3 Å². The molecule has 0 fully saturated rings. The van der Waals surface area contributed by atoms with Gasteiger partial charge in [0.1, 0.15) is 5.75 Å². The fourth-order valence-corrected chi connectivity index (χ4v) is 2.90. The molecule has 0 saturated heterocycles. The molecule has 1 aromatic carbocycles. The van der Waals surface area contributed by atoms with Gasteiger partial charge in [-0.1, -0.05) is 26.0 Å². The molecule has 2 rings (SSSR count). The van der Waals surface area contributed by atoms with Crippen LogP contribution in [-0.4, -0.2) is 28.2 Å². The lowest BCUT2D eigenvalue weighted by Crippen LogP contribution is -2.44. The normalized spacial score (nSPS) is 10.8. The first-order chi connectivity index (χ1) is 13.2. The second-order valence-corrected chi connectivity index (χ2v) is 7.56. The van der Waals surface area contributed by atoms with Crippen LogP contribution in [0.2, 0.25) is 0 Å². The molecule has 7 nitrogen and oxygen atoms in total. The number of aryl methyl sites for hydroxylation is 3. The van der Waals surface area contributed by atoms with Crippen LogP contribution in [0, 0.1) is 33.6 Å². The van der Waals surface area contributed by atoms with Crippen LogP contribution in [0.3, 0.4) is 0 Å². The highest BCUT2D eigenvalue weighted by atomic mass is 16.5. The van der Waals surface area contributed by atoms with E-state index in [1.54, 1.807) is 0 Å². The molecule has 2 amide bonds. The lowest BCUT2D eigenvalue weighted by molar-refractivity contribution is -0.129. The third-order valence-electron chi connectivity index (χ3n) is 4.45. The van der Waals surface area contributed by atoms with E-state index in [0.29, 0.717) is 11.7 Å². The summed E-state index contributed by atoms with van der Waals surface area (Å²) in [6, 6.07) is 5.80. The number of ether oxygens (including phenoxy) is 1. The van der Waals surface area contributed by atoms with Crippen molar-refractivity contribution in [3.8, 4) is 5.75 Å². The summed E-state index contributed by atoms with van der Waals surface area (Å²) in [5.74, 6) is 0.412. The van der Waals surface area contributed by atoms with Gasteiger partial charge >= 0.3 is 0 Å². The molecule has 7 heteroatoms. The molecule has 152 valence electrons. The Morgan fingerprint density at radius 2 is 1.79 bits per heavy atom. The lowest BCUT2D eigenvalue weighted by Gasteiger charge is -2.11. The Morgan fingerprint density at radius 1 is 1.11 bits per heavy atom. The summed E-state index contributed by atoms with van der Waals surface area (Å²) in [5, 5.41) is 4.51. The predicted molar refractivity (Wildman–Crippen MR) is 108 cm³/mol. The SMILES string of the molecule is Cc1ccc(C)c(OCC(=O)NNC(=O)Cc2c(C)nn(CC(C)C)c2C)c1. The van der Waals surface area contributed by atoms with Crippen molar-refractivity contribution < 1.29 is 14.3 Å². The predicted octanol–water partition coefficient (Wildman–Crippen LogP) is 2.54. The van der Waals surface area contributed by atoms with Crippen molar-refractivity contribution in [3.63, 3.8) is 0 Å². The van der Waals surface area contributed by atoms with E-state index in [9.17, 15) is 9.59 Å². The molecule has 0 radical (unpaired) electrons. The summed E-state index contributed by atoms with van der Waals surface area (Å²) in [6.45, 7) is 12.6. The van der Waals surface area contributed by atoms with Gasteiger partial charge in [-0.25, -0.2) is 0 Å². The van der Waals surface area contributed by atoms with E-state index in [2.05, 4.69) is 29.8 Å². The van der Waals surface area contributed by atoms with Gasteiger partial charge in [0, 0.05) is 17.8 Å². The fraction of sp³-hybridized carbons (Fsp3) is 0.476. The van der Waals surface area contributed by atoms with Gasteiger partial charge in [0.15, 0.2) is 6.61 Å². The standard InChI is InChI=1S/C21H30N4O3/c1-13(2)11-25-17(6)18(16(5)24-25)10-20(26)22-23-21(27)12-28-19-9-14(3)7-8-15(19)4/h7-9,13H,10-12H2,1-6H3,(H,22,26)(H,23,27). The van der Waals surface area contributed by atoms with E-state index in [0.717, 1.165) is 34.6 Å². The summed E-state index contributed by atoms with van der Waals surface area (Å²) in [6.07, 6.45) is 0.161. The average Bonchev–Trinajstić information content (AvgIpc) is 2.87. The number of aromatic nitrogens is 2. The Labute approximate surface area is 166 Å². The molecule has 2 aromatic rings. The quantitative estimate of drug-likeness (QED) is 0.716.